The van der Waals surface area contributed by atoms with Crippen molar-refractivity contribution in [2.24, 2.45) is 0 Å². The molecule has 0 fully saturated rings. The summed E-state index contributed by atoms with van der Waals surface area (Å²) >= 11 is 0. The van der Waals surface area contributed by atoms with E-state index in [1.807, 2.05) is 19.1 Å². The second kappa shape index (κ2) is 6.18. The first-order valence-electron chi connectivity index (χ1n) is 6.05. The van der Waals surface area contributed by atoms with Gasteiger partial charge in [0.2, 0.25) is 0 Å². The maximum atomic E-state index is 12.1. The Balaban J connectivity index is 3.01. The molecule has 0 saturated heterocycles. The Labute approximate surface area is 116 Å². The highest BCUT2D eigenvalue weighted by Gasteiger charge is 2.24. The minimum atomic E-state index is -1.44. The molecule has 1 unspecified atom stereocenters. The van der Waals surface area contributed by atoms with Crippen molar-refractivity contribution >= 4 is 17.8 Å². The Morgan fingerprint density at radius 3 is 2.00 bits per heavy atom. The molecule has 108 valence electrons. The summed E-state index contributed by atoms with van der Waals surface area (Å²) in [5, 5.41) is 19.8. The second-order valence-corrected chi connectivity index (χ2v) is 4.74. The number of aliphatic carboxylic acids is 2. The Bertz CT molecular complexity index is 542. The maximum absolute atomic E-state index is 12.1. The summed E-state index contributed by atoms with van der Waals surface area (Å²) in [4.78, 5) is 33.7. The highest BCUT2D eigenvalue weighted by molar-refractivity contribution is 5.99. The summed E-state index contributed by atoms with van der Waals surface area (Å²) < 4.78 is 0. The van der Waals surface area contributed by atoms with Crippen molar-refractivity contribution in [1.29, 1.82) is 0 Å². The molecule has 0 aliphatic rings. The van der Waals surface area contributed by atoms with Gasteiger partial charge in [-0.1, -0.05) is 17.7 Å². The van der Waals surface area contributed by atoms with Crippen molar-refractivity contribution < 1.29 is 24.6 Å². The Kier molecular flexibility index (Phi) is 4.85. The van der Waals surface area contributed by atoms with Crippen LogP contribution in [0.5, 0.6) is 0 Å². The molecule has 0 saturated carbocycles. The van der Waals surface area contributed by atoms with Crippen LogP contribution in [-0.4, -0.2) is 34.1 Å². The van der Waals surface area contributed by atoms with Crippen LogP contribution < -0.4 is 5.32 Å². The lowest BCUT2D eigenvalue weighted by Gasteiger charge is -2.15. The number of hydrogen-bond donors (Lipinski definition) is 3. The third-order valence-corrected chi connectivity index (χ3v) is 2.89. The first-order chi connectivity index (χ1) is 9.22. The SMILES string of the molecule is Cc1cc(C)c(C(=O)NC(CC(=O)O)C(=O)O)c(C)c1. The average molecular weight is 279 g/mol. The van der Waals surface area contributed by atoms with E-state index in [0.717, 1.165) is 16.7 Å². The number of carbonyl (C=O) groups is 3. The number of carbonyl (C=O) groups excluding carboxylic acids is 1. The van der Waals surface area contributed by atoms with Gasteiger partial charge in [-0.05, 0) is 31.9 Å². The number of rotatable bonds is 5. The van der Waals surface area contributed by atoms with Gasteiger partial charge in [-0.3, -0.25) is 9.59 Å². The maximum Gasteiger partial charge on any atom is 0.326 e. The molecule has 0 heterocycles. The van der Waals surface area contributed by atoms with Crippen LogP contribution in [-0.2, 0) is 9.59 Å². The third-order valence-electron chi connectivity index (χ3n) is 2.89. The number of carboxylic acids is 2. The molecular formula is C14H17NO5. The van der Waals surface area contributed by atoms with Crippen molar-refractivity contribution in [2.75, 3.05) is 0 Å². The van der Waals surface area contributed by atoms with E-state index in [1.165, 1.54) is 0 Å². The summed E-state index contributed by atoms with van der Waals surface area (Å²) in [6.07, 6.45) is -0.662. The second-order valence-electron chi connectivity index (χ2n) is 4.74. The minimum Gasteiger partial charge on any atom is -0.481 e. The van der Waals surface area contributed by atoms with Crippen LogP contribution in [0.15, 0.2) is 12.1 Å². The van der Waals surface area contributed by atoms with Crippen LogP contribution >= 0.6 is 0 Å². The zero-order valence-corrected chi connectivity index (χ0v) is 11.6. The fourth-order valence-electron chi connectivity index (χ4n) is 2.14. The molecule has 1 amide bonds. The van der Waals surface area contributed by atoms with Gasteiger partial charge in [-0.15, -0.1) is 0 Å². The Hall–Kier alpha value is -2.37. The van der Waals surface area contributed by atoms with E-state index in [9.17, 15) is 14.4 Å². The summed E-state index contributed by atoms with van der Waals surface area (Å²) in [5.41, 5.74) is 2.82. The van der Waals surface area contributed by atoms with Crippen LogP contribution in [0.2, 0.25) is 0 Å². The van der Waals surface area contributed by atoms with Crippen molar-refractivity contribution in [2.45, 2.75) is 33.2 Å². The molecule has 6 nitrogen and oxygen atoms in total. The number of aryl methyl sites for hydroxylation is 3. The van der Waals surface area contributed by atoms with Gasteiger partial charge >= 0.3 is 11.9 Å². The normalized spacial score (nSPS) is 11.8. The molecule has 1 atom stereocenters. The largest absolute Gasteiger partial charge is 0.481 e. The molecule has 0 aliphatic heterocycles. The lowest BCUT2D eigenvalue weighted by atomic mass is 9.99. The lowest BCUT2D eigenvalue weighted by molar-refractivity contribution is -0.145. The van der Waals surface area contributed by atoms with E-state index in [4.69, 9.17) is 10.2 Å². The van der Waals surface area contributed by atoms with Gasteiger partial charge < -0.3 is 15.5 Å². The fraction of sp³-hybridized carbons (Fsp3) is 0.357. The number of hydrogen-bond acceptors (Lipinski definition) is 3. The van der Waals surface area contributed by atoms with E-state index in [0.29, 0.717) is 5.56 Å². The molecule has 0 spiro atoms. The van der Waals surface area contributed by atoms with Gasteiger partial charge in [0, 0.05) is 5.56 Å². The van der Waals surface area contributed by atoms with E-state index in [-0.39, 0.29) is 0 Å². The van der Waals surface area contributed by atoms with Crippen molar-refractivity contribution in [1.82, 2.24) is 5.32 Å². The van der Waals surface area contributed by atoms with Gasteiger partial charge in [0.25, 0.3) is 5.91 Å². The van der Waals surface area contributed by atoms with Gasteiger partial charge in [-0.25, -0.2) is 4.79 Å². The van der Waals surface area contributed by atoms with E-state index >= 15 is 0 Å². The smallest absolute Gasteiger partial charge is 0.326 e. The minimum absolute atomic E-state index is 0.382. The van der Waals surface area contributed by atoms with Gasteiger partial charge in [-0.2, -0.15) is 0 Å². The number of nitrogens with one attached hydrogen (secondary N) is 1. The van der Waals surface area contributed by atoms with Crippen molar-refractivity contribution in [3.8, 4) is 0 Å². The van der Waals surface area contributed by atoms with Crippen LogP contribution in [0, 0.1) is 20.8 Å². The topological polar surface area (TPSA) is 104 Å². The van der Waals surface area contributed by atoms with Crippen LogP contribution in [0.4, 0.5) is 0 Å². The molecule has 0 bridgehead atoms. The Morgan fingerprint density at radius 1 is 1.10 bits per heavy atom. The first kappa shape index (κ1) is 15.7. The van der Waals surface area contributed by atoms with E-state index < -0.39 is 30.3 Å². The average Bonchev–Trinajstić information content (AvgIpc) is 2.25. The zero-order chi connectivity index (χ0) is 15.4. The predicted molar refractivity (Wildman–Crippen MR) is 71.8 cm³/mol. The van der Waals surface area contributed by atoms with Crippen LogP contribution in [0.3, 0.4) is 0 Å². The highest BCUT2D eigenvalue weighted by atomic mass is 16.4. The molecule has 20 heavy (non-hydrogen) atoms. The number of benzene rings is 1. The standard InChI is InChI=1S/C14H17NO5/c1-7-4-8(2)12(9(3)5-7)13(18)15-10(14(19)20)6-11(16)17/h4-5,10H,6H2,1-3H3,(H,15,18)(H,16,17)(H,19,20). The number of carboxylic acid groups (broad SMARTS) is 2. The van der Waals surface area contributed by atoms with Gasteiger partial charge in [0.1, 0.15) is 6.04 Å². The number of amides is 1. The Morgan fingerprint density at radius 2 is 1.60 bits per heavy atom. The third kappa shape index (κ3) is 3.81. The van der Waals surface area contributed by atoms with Crippen LogP contribution in [0.1, 0.15) is 33.5 Å². The molecule has 3 N–H and O–H groups in total. The lowest BCUT2D eigenvalue weighted by Crippen LogP contribution is -2.42. The highest BCUT2D eigenvalue weighted by Crippen LogP contribution is 2.16. The van der Waals surface area contributed by atoms with Gasteiger partial charge in [0.05, 0.1) is 6.42 Å². The monoisotopic (exact) mass is 279 g/mol. The molecule has 1 aromatic carbocycles. The zero-order valence-electron chi connectivity index (χ0n) is 11.6. The van der Waals surface area contributed by atoms with Crippen molar-refractivity contribution in [3.63, 3.8) is 0 Å². The van der Waals surface area contributed by atoms with Crippen molar-refractivity contribution in [3.05, 3.63) is 34.4 Å². The molecule has 0 aliphatic carbocycles. The summed E-state index contributed by atoms with van der Waals surface area (Å²) in [6, 6.07) is 2.18. The summed E-state index contributed by atoms with van der Waals surface area (Å²) in [6.45, 7) is 5.40. The first-order valence-corrected chi connectivity index (χ1v) is 6.05. The molecule has 1 aromatic rings. The summed E-state index contributed by atoms with van der Waals surface area (Å²) in [5.74, 6) is -3.23. The molecule has 1 rings (SSSR count). The summed E-state index contributed by atoms with van der Waals surface area (Å²) in [7, 11) is 0. The van der Waals surface area contributed by atoms with Gasteiger partial charge in [0.15, 0.2) is 0 Å². The molecule has 6 heteroatoms. The van der Waals surface area contributed by atoms with Crippen LogP contribution in [0.25, 0.3) is 0 Å². The molecular weight excluding hydrogens is 262 g/mol. The molecule has 0 radical (unpaired) electrons. The molecule has 0 aromatic heterocycles. The fourth-order valence-corrected chi connectivity index (χ4v) is 2.14. The predicted octanol–water partition coefficient (Wildman–Crippen LogP) is 1.27. The van der Waals surface area contributed by atoms with E-state index in [1.54, 1.807) is 13.8 Å². The van der Waals surface area contributed by atoms with E-state index in [2.05, 4.69) is 5.32 Å². The quantitative estimate of drug-likeness (QED) is 0.753.